The van der Waals surface area contributed by atoms with Crippen LogP contribution in [0.25, 0.3) is 0 Å². The van der Waals surface area contributed by atoms with Gasteiger partial charge >= 0.3 is 17.2 Å². The third-order valence-corrected chi connectivity index (χ3v) is 3.34. The molecule has 9 heteroatoms. The van der Waals surface area contributed by atoms with Crippen LogP contribution in [0.3, 0.4) is 0 Å². The Balaban J connectivity index is 4.55. The van der Waals surface area contributed by atoms with E-state index in [1.54, 1.807) is 27.7 Å². The Labute approximate surface area is 139 Å². The first kappa shape index (κ1) is 21.2. The number of carbonyl (C=O) groups is 4. The van der Waals surface area contributed by atoms with E-state index in [1.165, 1.54) is 6.92 Å². The number of carbonyl (C=O) groups excluding carboxylic acids is 3. The minimum atomic E-state index is -1.26. The number of esters is 1. The highest BCUT2D eigenvalue weighted by Gasteiger charge is 2.26. The summed E-state index contributed by atoms with van der Waals surface area (Å²) in [5.41, 5.74) is 0. The molecular formula is C14H23NO7S. The van der Waals surface area contributed by atoms with Crippen LogP contribution in [0.4, 0.5) is 4.79 Å². The van der Waals surface area contributed by atoms with Gasteiger partial charge < -0.3 is 19.9 Å². The van der Waals surface area contributed by atoms with Crippen molar-refractivity contribution in [2.45, 2.75) is 47.0 Å². The van der Waals surface area contributed by atoms with Crippen LogP contribution in [0.2, 0.25) is 0 Å². The predicted molar refractivity (Wildman–Crippen MR) is 83.7 cm³/mol. The number of carboxylic acid groups (broad SMARTS) is 1. The van der Waals surface area contributed by atoms with Crippen LogP contribution in [0.15, 0.2) is 0 Å². The molecule has 2 atom stereocenters. The zero-order valence-corrected chi connectivity index (χ0v) is 14.6. The lowest BCUT2D eigenvalue weighted by molar-refractivity contribution is -0.177. The number of hydrogen-bond donors (Lipinski definition) is 2. The van der Waals surface area contributed by atoms with Gasteiger partial charge in [0.15, 0.2) is 0 Å². The number of rotatable bonds is 8. The Kier molecular flexibility index (Phi) is 9.31. The minimum absolute atomic E-state index is 0.198. The monoisotopic (exact) mass is 349 g/mol. The van der Waals surface area contributed by atoms with Crippen molar-refractivity contribution >= 4 is 34.9 Å². The van der Waals surface area contributed by atoms with Gasteiger partial charge in [0.2, 0.25) is 5.91 Å². The van der Waals surface area contributed by atoms with E-state index < -0.39 is 35.5 Å². The van der Waals surface area contributed by atoms with Crippen molar-refractivity contribution in [1.29, 1.82) is 0 Å². The van der Waals surface area contributed by atoms with E-state index in [2.05, 4.69) is 5.32 Å². The number of nitrogens with one attached hydrogen (secondary N) is 1. The van der Waals surface area contributed by atoms with Gasteiger partial charge in [0.25, 0.3) is 6.29 Å². The van der Waals surface area contributed by atoms with E-state index in [-0.39, 0.29) is 17.6 Å². The number of ether oxygens (including phenoxy) is 2. The first-order chi connectivity index (χ1) is 10.5. The molecule has 0 spiro atoms. The molecule has 0 radical (unpaired) electrons. The molecule has 1 amide bonds. The molecule has 0 saturated heterocycles. The molecule has 0 aromatic rings. The van der Waals surface area contributed by atoms with Crippen LogP contribution in [0.1, 0.15) is 34.6 Å². The molecular weight excluding hydrogens is 326 g/mol. The molecule has 23 heavy (non-hydrogen) atoms. The average molecular weight is 349 g/mol. The first-order valence-electron chi connectivity index (χ1n) is 7.08. The summed E-state index contributed by atoms with van der Waals surface area (Å²) in [6, 6.07) is -1.21. The molecule has 8 nitrogen and oxygen atoms in total. The van der Waals surface area contributed by atoms with Crippen LogP contribution < -0.4 is 5.32 Å². The SMILES string of the molecule is CC(=O)N[C@@H](CSC(=O)O[C@H](OC(=O)C(C)C)C(C)C)C(=O)O. The van der Waals surface area contributed by atoms with Gasteiger partial charge in [0, 0.05) is 18.6 Å². The van der Waals surface area contributed by atoms with E-state index in [1.807, 2.05) is 0 Å². The van der Waals surface area contributed by atoms with Crippen molar-refractivity contribution in [2.75, 3.05) is 5.75 Å². The van der Waals surface area contributed by atoms with E-state index in [0.29, 0.717) is 11.8 Å². The maximum atomic E-state index is 11.8. The Bertz CT molecular complexity index is 450. The second-order valence-corrected chi connectivity index (χ2v) is 6.43. The molecule has 0 fully saturated rings. The average Bonchev–Trinajstić information content (AvgIpc) is 2.41. The second kappa shape index (κ2) is 10.1. The smallest absolute Gasteiger partial charge is 0.370 e. The largest absolute Gasteiger partial charge is 0.480 e. The second-order valence-electron chi connectivity index (χ2n) is 5.47. The Morgan fingerprint density at radius 2 is 1.65 bits per heavy atom. The summed E-state index contributed by atoms with van der Waals surface area (Å²) < 4.78 is 10.1. The van der Waals surface area contributed by atoms with Crippen molar-refractivity contribution in [3.05, 3.63) is 0 Å². The zero-order chi connectivity index (χ0) is 18.2. The van der Waals surface area contributed by atoms with Gasteiger partial charge in [0.05, 0.1) is 5.92 Å². The number of carboxylic acids is 1. The Morgan fingerprint density at radius 1 is 1.09 bits per heavy atom. The van der Waals surface area contributed by atoms with Gasteiger partial charge in [-0.25, -0.2) is 9.59 Å². The quantitative estimate of drug-likeness (QED) is 0.501. The fourth-order valence-electron chi connectivity index (χ4n) is 1.25. The Morgan fingerprint density at radius 3 is 2.04 bits per heavy atom. The first-order valence-corrected chi connectivity index (χ1v) is 8.07. The fraction of sp³-hybridized carbons (Fsp3) is 0.714. The lowest BCUT2D eigenvalue weighted by Crippen LogP contribution is -2.41. The van der Waals surface area contributed by atoms with Gasteiger partial charge in [-0.15, -0.1) is 0 Å². The van der Waals surface area contributed by atoms with Crippen LogP contribution in [0, 0.1) is 11.8 Å². The van der Waals surface area contributed by atoms with Crippen molar-refractivity contribution in [3.8, 4) is 0 Å². The van der Waals surface area contributed by atoms with Gasteiger partial charge in [-0.1, -0.05) is 27.7 Å². The van der Waals surface area contributed by atoms with E-state index >= 15 is 0 Å². The molecule has 132 valence electrons. The summed E-state index contributed by atoms with van der Waals surface area (Å²) in [4.78, 5) is 45.2. The molecule has 0 aromatic heterocycles. The van der Waals surface area contributed by atoms with Gasteiger partial charge in [0.1, 0.15) is 6.04 Å². The molecule has 0 aliphatic heterocycles. The zero-order valence-electron chi connectivity index (χ0n) is 13.8. The minimum Gasteiger partial charge on any atom is -0.480 e. The molecule has 0 heterocycles. The Hall–Kier alpha value is -1.77. The molecule has 0 aromatic carbocycles. The van der Waals surface area contributed by atoms with Crippen LogP contribution in [0.5, 0.6) is 0 Å². The molecule has 2 N–H and O–H groups in total. The lowest BCUT2D eigenvalue weighted by atomic mass is 10.2. The summed E-state index contributed by atoms with van der Waals surface area (Å²) >= 11 is 0.588. The lowest BCUT2D eigenvalue weighted by Gasteiger charge is -2.22. The standard InChI is InChI=1S/C14H23NO7S/c1-7(2)12(19)21-13(8(3)4)22-14(20)23-6-10(11(17)18)15-9(5)16/h7-8,10,13H,6H2,1-5H3,(H,15,16)(H,17,18)/t10-,13-/m0/s1. The number of hydrogen-bond acceptors (Lipinski definition) is 7. The molecule has 0 rings (SSSR count). The summed E-state index contributed by atoms with van der Waals surface area (Å²) in [6.07, 6.45) is -1.05. The molecule has 0 saturated carbocycles. The highest BCUT2D eigenvalue weighted by atomic mass is 32.2. The van der Waals surface area contributed by atoms with Gasteiger partial charge in [-0.2, -0.15) is 0 Å². The van der Waals surface area contributed by atoms with Crippen molar-refractivity contribution < 1.29 is 33.8 Å². The normalized spacial score (nSPS) is 13.3. The van der Waals surface area contributed by atoms with Crippen LogP contribution >= 0.6 is 11.8 Å². The summed E-state index contributed by atoms with van der Waals surface area (Å²) in [6.45, 7) is 7.92. The number of amides is 1. The maximum absolute atomic E-state index is 11.8. The number of aliphatic carboxylic acids is 1. The summed E-state index contributed by atoms with van der Waals surface area (Å²) in [5, 5.41) is 10.4. The third-order valence-electron chi connectivity index (χ3n) is 2.50. The predicted octanol–water partition coefficient (Wildman–Crippen LogP) is 1.63. The highest BCUT2D eigenvalue weighted by Crippen LogP contribution is 2.16. The van der Waals surface area contributed by atoms with Crippen molar-refractivity contribution in [1.82, 2.24) is 5.32 Å². The molecule has 0 aliphatic rings. The van der Waals surface area contributed by atoms with Crippen LogP contribution in [-0.2, 0) is 23.9 Å². The number of thioether (sulfide) groups is 1. The van der Waals surface area contributed by atoms with Crippen molar-refractivity contribution in [3.63, 3.8) is 0 Å². The fourth-order valence-corrected chi connectivity index (χ4v) is 1.94. The summed E-state index contributed by atoms with van der Waals surface area (Å²) in [7, 11) is 0. The van der Waals surface area contributed by atoms with Crippen molar-refractivity contribution in [2.24, 2.45) is 11.8 Å². The highest BCUT2D eigenvalue weighted by molar-refractivity contribution is 8.13. The van der Waals surface area contributed by atoms with E-state index in [4.69, 9.17) is 14.6 Å². The topological polar surface area (TPSA) is 119 Å². The van der Waals surface area contributed by atoms with E-state index in [9.17, 15) is 19.2 Å². The summed E-state index contributed by atoms with van der Waals surface area (Å²) in [5.74, 6) is -3.09. The maximum Gasteiger partial charge on any atom is 0.370 e. The molecule has 0 unspecified atom stereocenters. The molecule has 0 aliphatic carbocycles. The third kappa shape index (κ3) is 9.07. The molecule has 0 bridgehead atoms. The van der Waals surface area contributed by atoms with Gasteiger partial charge in [-0.05, 0) is 11.8 Å². The van der Waals surface area contributed by atoms with Crippen LogP contribution in [-0.4, -0.2) is 46.3 Å². The van der Waals surface area contributed by atoms with Gasteiger partial charge in [-0.3, -0.25) is 9.59 Å². The van der Waals surface area contributed by atoms with E-state index in [0.717, 1.165) is 0 Å².